The van der Waals surface area contributed by atoms with Crippen LogP contribution in [0.25, 0.3) is 0 Å². The first-order valence-electron chi connectivity index (χ1n) is 5.76. The molecule has 0 saturated carbocycles. The number of nitrogens with one attached hydrogen (secondary N) is 1. The van der Waals surface area contributed by atoms with Gasteiger partial charge >= 0.3 is 6.09 Å². The zero-order valence-electron chi connectivity index (χ0n) is 11.1. The van der Waals surface area contributed by atoms with Crippen molar-refractivity contribution in [3.8, 4) is 0 Å². The molecule has 0 radical (unpaired) electrons. The van der Waals surface area contributed by atoms with Crippen LogP contribution >= 0.6 is 0 Å². The molecule has 0 fully saturated rings. The van der Waals surface area contributed by atoms with Crippen LogP contribution in [-0.2, 0) is 9.63 Å². The first-order valence-corrected chi connectivity index (χ1v) is 5.76. The van der Waals surface area contributed by atoms with E-state index in [9.17, 15) is 9.59 Å². The summed E-state index contributed by atoms with van der Waals surface area (Å²) in [5.41, 5.74) is 2.43. The standard InChI is InChI=1S/C13H15N3O3/c1-4-10(3)16-19-13(18)15-11-6-5-9(2)12(7-11)14-8-17/h5-7H,4H2,1-3H3,(H,15,18). The van der Waals surface area contributed by atoms with E-state index in [-0.39, 0.29) is 0 Å². The van der Waals surface area contributed by atoms with Gasteiger partial charge in [0.05, 0.1) is 11.4 Å². The SMILES string of the molecule is CCC(C)=NOC(=O)Nc1ccc(C)c(N=C=O)c1. The van der Waals surface area contributed by atoms with Crippen molar-refractivity contribution >= 4 is 29.3 Å². The number of nitrogens with zero attached hydrogens (tertiary/aromatic N) is 2. The lowest BCUT2D eigenvalue weighted by Crippen LogP contribution is -2.11. The number of hydrogen-bond acceptors (Lipinski definition) is 5. The smallest absolute Gasteiger partial charge is 0.298 e. The zero-order valence-corrected chi connectivity index (χ0v) is 11.1. The van der Waals surface area contributed by atoms with Crippen LogP contribution in [0, 0.1) is 6.92 Å². The lowest BCUT2D eigenvalue weighted by molar-refractivity contribution is 0.166. The molecule has 1 aromatic rings. The number of isocyanates is 1. The molecule has 0 unspecified atom stereocenters. The lowest BCUT2D eigenvalue weighted by Gasteiger charge is -2.05. The number of oxime groups is 1. The van der Waals surface area contributed by atoms with Crippen LogP contribution in [0.1, 0.15) is 25.8 Å². The molecule has 0 aliphatic heterocycles. The van der Waals surface area contributed by atoms with Crippen LogP contribution in [-0.4, -0.2) is 17.9 Å². The van der Waals surface area contributed by atoms with E-state index in [1.807, 2.05) is 6.92 Å². The molecule has 19 heavy (non-hydrogen) atoms. The molecule has 1 aromatic carbocycles. The first-order chi connectivity index (χ1) is 9.06. The average Bonchev–Trinajstić information content (AvgIpc) is 2.40. The van der Waals surface area contributed by atoms with Crippen LogP contribution in [0.4, 0.5) is 16.2 Å². The Kier molecular flexibility index (Phi) is 5.44. The number of rotatable bonds is 4. The summed E-state index contributed by atoms with van der Waals surface area (Å²) in [6.45, 7) is 5.47. The van der Waals surface area contributed by atoms with Gasteiger partial charge in [0, 0.05) is 5.69 Å². The Bertz CT molecular complexity index is 546. The fraction of sp³-hybridized carbons (Fsp3) is 0.308. The molecule has 100 valence electrons. The molecule has 0 atom stereocenters. The predicted molar refractivity (Wildman–Crippen MR) is 72.5 cm³/mol. The van der Waals surface area contributed by atoms with Gasteiger partial charge in [-0.05, 0) is 38.0 Å². The Hall–Kier alpha value is -2.46. The predicted octanol–water partition coefficient (Wildman–Crippen LogP) is 3.30. The van der Waals surface area contributed by atoms with Gasteiger partial charge in [-0.25, -0.2) is 9.59 Å². The number of carbonyl (C=O) groups is 1. The van der Waals surface area contributed by atoms with Crippen LogP contribution in [0.15, 0.2) is 28.3 Å². The van der Waals surface area contributed by atoms with Gasteiger partial charge in [0.15, 0.2) is 0 Å². The van der Waals surface area contributed by atoms with Crippen molar-refractivity contribution in [1.82, 2.24) is 0 Å². The summed E-state index contributed by atoms with van der Waals surface area (Å²) < 4.78 is 0. The van der Waals surface area contributed by atoms with Crippen molar-refractivity contribution in [2.75, 3.05) is 5.32 Å². The molecule has 0 bridgehead atoms. The normalized spacial score (nSPS) is 10.6. The quantitative estimate of drug-likeness (QED) is 0.391. The Morgan fingerprint density at radius 1 is 1.47 bits per heavy atom. The van der Waals surface area contributed by atoms with E-state index >= 15 is 0 Å². The minimum atomic E-state index is -0.697. The average molecular weight is 261 g/mol. The minimum absolute atomic E-state index is 0.445. The third-order valence-electron chi connectivity index (χ3n) is 2.42. The number of aliphatic imine (C=N–C) groups is 1. The van der Waals surface area contributed by atoms with Crippen molar-refractivity contribution < 1.29 is 14.4 Å². The van der Waals surface area contributed by atoms with E-state index in [2.05, 4.69) is 20.3 Å². The summed E-state index contributed by atoms with van der Waals surface area (Å²) in [5.74, 6) is 0. The number of carbonyl (C=O) groups excluding carboxylic acids is 2. The highest BCUT2D eigenvalue weighted by atomic mass is 16.7. The molecule has 0 saturated heterocycles. The number of hydrogen-bond donors (Lipinski definition) is 1. The van der Waals surface area contributed by atoms with Gasteiger partial charge in [-0.1, -0.05) is 18.1 Å². The molecule has 0 aliphatic rings. The summed E-state index contributed by atoms with van der Waals surface area (Å²) >= 11 is 0. The van der Waals surface area contributed by atoms with Gasteiger partial charge in [0.25, 0.3) is 0 Å². The molecule has 6 nitrogen and oxygen atoms in total. The van der Waals surface area contributed by atoms with Crippen LogP contribution in [0.3, 0.4) is 0 Å². The fourth-order valence-electron chi connectivity index (χ4n) is 1.18. The number of anilines is 1. The molecular formula is C13H15N3O3. The molecule has 1 rings (SSSR count). The fourth-order valence-corrected chi connectivity index (χ4v) is 1.18. The Labute approximate surface area is 111 Å². The van der Waals surface area contributed by atoms with E-state index in [1.165, 1.54) is 6.08 Å². The summed E-state index contributed by atoms with van der Waals surface area (Å²) in [5, 5.41) is 6.12. The topological polar surface area (TPSA) is 80.1 Å². The van der Waals surface area contributed by atoms with Gasteiger partial charge in [-0.3, -0.25) is 10.2 Å². The molecule has 0 spiro atoms. The molecule has 0 aromatic heterocycles. The molecule has 6 heteroatoms. The number of aryl methyl sites for hydroxylation is 1. The monoisotopic (exact) mass is 261 g/mol. The Morgan fingerprint density at radius 2 is 2.21 bits per heavy atom. The van der Waals surface area contributed by atoms with E-state index in [4.69, 9.17) is 0 Å². The third kappa shape index (κ3) is 4.73. The Balaban J connectivity index is 2.75. The van der Waals surface area contributed by atoms with E-state index < -0.39 is 6.09 Å². The second-order valence-electron chi connectivity index (χ2n) is 3.89. The van der Waals surface area contributed by atoms with Crippen molar-refractivity contribution in [1.29, 1.82) is 0 Å². The maximum atomic E-state index is 11.4. The van der Waals surface area contributed by atoms with Gasteiger partial charge in [-0.2, -0.15) is 4.99 Å². The maximum absolute atomic E-state index is 11.4. The van der Waals surface area contributed by atoms with Gasteiger partial charge < -0.3 is 0 Å². The molecular weight excluding hydrogens is 246 g/mol. The maximum Gasteiger partial charge on any atom is 0.437 e. The van der Waals surface area contributed by atoms with Gasteiger partial charge in [0.1, 0.15) is 0 Å². The van der Waals surface area contributed by atoms with Crippen LogP contribution < -0.4 is 5.32 Å². The first kappa shape index (κ1) is 14.6. The lowest BCUT2D eigenvalue weighted by atomic mass is 10.2. The highest BCUT2D eigenvalue weighted by molar-refractivity contribution is 5.87. The van der Waals surface area contributed by atoms with Crippen LogP contribution in [0.2, 0.25) is 0 Å². The third-order valence-corrected chi connectivity index (χ3v) is 2.42. The molecule has 1 amide bonds. The van der Waals surface area contributed by atoms with E-state index in [0.717, 1.165) is 5.56 Å². The van der Waals surface area contributed by atoms with Gasteiger partial charge in [-0.15, -0.1) is 0 Å². The highest BCUT2D eigenvalue weighted by Gasteiger charge is 2.05. The van der Waals surface area contributed by atoms with E-state index in [0.29, 0.717) is 23.5 Å². The van der Waals surface area contributed by atoms with E-state index in [1.54, 1.807) is 32.0 Å². The zero-order chi connectivity index (χ0) is 14.3. The minimum Gasteiger partial charge on any atom is -0.298 e. The number of amides is 1. The summed E-state index contributed by atoms with van der Waals surface area (Å²) in [4.78, 5) is 29.9. The second kappa shape index (κ2) is 7.08. The summed E-state index contributed by atoms with van der Waals surface area (Å²) in [6, 6.07) is 4.96. The second-order valence-corrected chi connectivity index (χ2v) is 3.89. The summed E-state index contributed by atoms with van der Waals surface area (Å²) in [7, 11) is 0. The summed E-state index contributed by atoms with van der Waals surface area (Å²) in [6.07, 6.45) is 1.47. The van der Waals surface area contributed by atoms with Crippen molar-refractivity contribution in [2.45, 2.75) is 27.2 Å². The highest BCUT2D eigenvalue weighted by Crippen LogP contribution is 2.22. The molecule has 1 N–H and O–H groups in total. The van der Waals surface area contributed by atoms with Crippen molar-refractivity contribution in [3.05, 3.63) is 23.8 Å². The number of benzene rings is 1. The molecule has 0 aliphatic carbocycles. The van der Waals surface area contributed by atoms with Crippen molar-refractivity contribution in [3.63, 3.8) is 0 Å². The Morgan fingerprint density at radius 3 is 2.84 bits per heavy atom. The molecule has 0 heterocycles. The largest absolute Gasteiger partial charge is 0.437 e. The van der Waals surface area contributed by atoms with Gasteiger partial charge in [0.2, 0.25) is 6.08 Å². The van der Waals surface area contributed by atoms with Crippen LogP contribution in [0.5, 0.6) is 0 Å². The van der Waals surface area contributed by atoms with Crippen molar-refractivity contribution in [2.24, 2.45) is 10.1 Å².